The third kappa shape index (κ3) is 2.37. The van der Waals surface area contributed by atoms with E-state index in [2.05, 4.69) is 20.9 Å². The highest BCUT2D eigenvalue weighted by Gasteiger charge is 2.13. The van der Waals surface area contributed by atoms with E-state index in [-0.39, 0.29) is 10.2 Å². The summed E-state index contributed by atoms with van der Waals surface area (Å²) in [6.07, 6.45) is 1.18. The number of hydrogen-bond donors (Lipinski definition) is 0. The molecule has 0 fully saturated rings. The fourth-order valence-electron chi connectivity index (χ4n) is 1.00. The number of nitrogens with zero attached hydrogens (tertiary/aromatic N) is 2. The van der Waals surface area contributed by atoms with Gasteiger partial charge in [0.05, 0.1) is 9.40 Å². The predicted octanol–water partition coefficient (Wildman–Crippen LogP) is 3.61. The van der Waals surface area contributed by atoms with Crippen molar-refractivity contribution in [2.24, 2.45) is 0 Å². The average molecular weight is 301 g/mol. The van der Waals surface area contributed by atoms with Gasteiger partial charge in [0.15, 0.2) is 0 Å². The minimum Gasteiger partial charge on any atom is -0.430 e. The van der Waals surface area contributed by atoms with Crippen LogP contribution in [0.2, 0.25) is 0 Å². The first-order valence-electron chi connectivity index (χ1n) is 4.19. The monoisotopic (exact) mass is 300 g/mol. The first-order valence-corrected chi connectivity index (χ1v) is 5.80. The second-order valence-electron chi connectivity index (χ2n) is 2.75. The van der Waals surface area contributed by atoms with Gasteiger partial charge in [0.1, 0.15) is 11.9 Å². The largest absolute Gasteiger partial charge is 0.430 e. The van der Waals surface area contributed by atoms with Crippen molar-refractivity contribution in [1.29, 1.82) is 0 Å². The van der Waals surface area contributed by atoms with Crippen molar-refractivity contribution in [3.63, 3.8) is 0 Å². The molecule has 0 N–H and O–H groups in total. The summed E-state index contributed by atoms with van der Waals surface area (Å²) in [6, 6.07) is 7.22. The van der Waals surface area contributed by atoms with E-state index in [0.29, 0.717) is 5.75 Å². The minimum absolute atomic E-state index is 0.0398. The lowest BCUT2D eigenvalue weighted by Gasteiger charge is -2.02. The Hall–Kier alpha value is -1.47. The van der Waals surface area contributed by atoms with Crippen LogP contribution in [-0.4, -0.2) is 9.91 Å². The molecule has 1 aromatic carbocycles. The summed E-state index contributed by atoms with van der Waals surface area (Å²) in [5, 5.41) is 10.7. The standard InChI is InChI=1S/C9H5BrN2O3S/c10-6-3-1-2-4-7(6)15-9-11-5-8(16-9)12(13)14/h1-5H. The number of para-hydroxylation sites is 1. The third-order valence-corrected chi connectivity index (χ3v) is 3.17. The van der Waals surface area contributed by atoms with Gasteiger partial charge < -0.3 is 4.74 Å². The Kier molecular flexibility index (Phi) is 3.16. The molecule has 5 nitrogen and oxygen atoms in total. The Labute approximate surface area is 103 Å². The molecule has 0 saturated heterocycles. The highest BCUT2D eigenvalue weighted by Crippen LogP contribution is 2.33. The molecule has 7 heteroatoms. The van der Waals surface area contributed by atoms with Crippen LogP contribution in [0.4, 0.5) is 5.00 Å². The van der Waals surface area contributed by atoms with Crippen molar-refractivity contribution in [3.05, 3.63) is 45.0 Å². The van der Waals surface area contributed by atoms with E-state index in [1.165, 1.54) is 6.20 Å². The van der Waals surface area contributed by atoms with Gasteiger partial charge in [-0.05, 0) is 39.4 Å². The van der Waals surface area contributed by atoms with Gasteiger partial charge in [-0.3, -0.25) is 10.1 Å². The first-order chi connectivity index (χ1) is 7.66. The summed E-state index contributed by atoms with van der Waals surface area (Å²) < 4.78 is 6.17. The van der Waals surface area contributed by atoms with Gasteiger partial charge in [-0.15, -0.1) is 0 Å². The Morgan fingerprint density at radius 3 is 2.81 bits per heavy atom. The number of nitro groups is 1. The molecule has 0 aliphatic heterocycles. The molecule has 0 unspecified atom stereocenters. The maximum absolute atomic E-state index is 10.4. The Morgan fingerprint density at radius 1 is 1.44 bits per heavy atom. The molecule has 0 aliphatic carbocycles. The number of benzene rings is 1. The second-order valence-corrected chi connectivity index (χ2v) is 4.58. The lowest BCUT2D eigenvalue weighted by molar-refractivity contribution is -0.380. The highest BCUT2D eigenvalue weighted by molar-refractivity contribution is 9.10. The van der Waals surface area contributed by atoms with Crippen LogP contribution in [0, 0.1) is 10.1 Å². The van der Waals surface area contributed by atoms with Crippen LogP contribution in [0.1, 0.15) is 0 Å². The molecular formula is C9H5BrN2O3S. The van der Waals surface area contributed by atoms with Gasteiger partial charge in [-0.25, -0.2) is 4.98 Å². The molecule has 0 amide bonds. The van der Waals surface area contributed by atoms with Crippen molar-refractivity contribution in [2.75, 3.05) is 0 Å². The summed E-state index contributed by atoms with van der Waals surface area (Å²) in [6.45, 7) is 0. The number of hydrogen-bond acceptors (Lipinski definition) is 5. The quantitative estimate of drug-likeness (QED) is 0.641. The van der Waals surface area contributed by atoms with Crippen LogP contribution in [0.3, 0.4) is 0 Å². The topological polar surface area (TPSA) is 65.3 Å². The van der Waals surface area contributed by atoms with Crippen LogP contribution in [0.15, 0.2) is 34.9 Å². The normalized spacial score (nSPS) is 10.1. The molecule has 0 bridgehead atoms. The van der Waals surface area contributed by atoms with Gasteiger partial charge in [0, 0.05) is 0 Å². The number of halogens is 1. The van der Waals surface area contributed by atoms with Crippen LogP contribution >= 0.6 is 27.3 Å². The Morgan fingerprint density at radius 2 is 2.19 bits per heavy atom. The Bertz CT molecular complexity index is 529. The molecule has 1 aromatic heterocycles. The molecule has 0 spiro atoms. The van der Waals surface area contributed by atoms with E-state index < -0.39 is 4.92 Å². The number of thiazole rings is 1. The highest BCUT2D eigenvalue weighted by atomic mass is 79.9. The SMILES string of the molecule is O=[N+]([O-])c1cnc(Oc2ccccc2Br)s1. The summed E-state index contributed by atoms with van der Waals surface area (Å²) in [5.74, 6) is 0.576. The van der Waals surface area contributed by atoms with Crippen molar-refractivity contribution in [1.82, 2.24) is 4.98 Å². The minimum atomic E-state index is -0.495. The zero-order chi connectivity index (χ0) is 11.5. The Balaban J connectivity index is 2.21. The van der Waals surface area contributed by atoms with Gasteiger partial charge in [0.25, 0.3) is 5.19 Å². The molecule has 82 valence electrons. The molecule has 2 rings (SSSR count). The van der Waals surface area contributed by atoms with Gasteiger partial charge >= 0.3 is 5.00 Å². The smallest absolute Gasteiger partial charge is 0.347 e. The number of ether oxygens (including phenoxy) is 1. The summed E-state index contributed by atoms with van der Waals surface area (Å²) in [5.41, 5.74) is 0. The maximum atomic E-state index is 10.4. The third-order valence-electron chi connectivity index (χ3n) is 1.69. The molecule has 0 aliphatic rings. The van der Waals surface area contributed by atoms with Crippen LogP contribution in [-0.2, 0) is 0 Å². The summed E-state index contributed by atoms with van der Waals surface area (Å²) >= 11 is 4.20. The molecule has 0 radical (unpaired) electrons. The lowest BCUT2D eigenvalue weighted by atomic mass is 10.3. The van der Waals surface area contributed by atoms with E-state index in [0.717, 1.165) is 15.8 Å². The van der Waals surface area contributed by atoms with Crippen molar-refractivity contribution < 1.29 is 9.66 Å². The van der Waals surface area contributed by atoms with Gasteiger partial charge in [-0.1, -0.05) is 12.1 Å². The second kappa shape index (κ2) is 4.58. The molecule has 2 aromatic rings. The average Bonchev–Trinajstić information content (AvgIpc) is 2.70. The molecule has 0 saturated carbocycles. The number of aromatic nitrogens is 1. The maximum Gasteiger partial charge on any atom is 0.347 e. The van der Waals surface area contributed by atoms with Crippen LogP contribution < -0.4 is 4.74 Å². The molecule has 0 atom stereocenters. The molecular weight excluding hydrogens is 296 g/mol. The molecule has 16 heavy (non-hydrogen) atoms. The van der Waals surface area contributed by atoms with Gasteiger partial charge in [0.2, 0.25) is 0 Å². The van der Waals surface area contributed by atoms with E-state index in [1.54, 1.807) is 6.07 Å². The number of rotatable bonds is 3. The van der Waals surface area contributed by atoms with Crippen molar-refractivity contribution >= 4 is 32.3 Å². The van der Waals surface area contributed by atoms with Crippen molar-refractivity contribution in [3.8, 4) is 10.9 Å². The summed E-state index contributed by atoms with van der Waals surface area (Å²) in [4.78, 5) is 13.8. The lowest BCUT2D eigenvalue weighted by Crippen LogP contribution is -1.83. The first kappa shape index (κ1) is 11.0. The van der Waals surface area contributed by atoms with Crippen molar-refractivity contribution in [2.45, 2.75) is 0 Å². The van der Waals surface area contributed by atoms with Crippen LogP contribution in [0.25, 0.3) is 0 Å². The van der Waals surface area contributed by atoms with E-state index >= 15 is 0 Å². The molecule has 1 heterocycles. The zero-order valence-electron chi connectivity index (χ0n) is 7.79. The fourth-order valence-corrected chi connectivity index (χ4v) is 1.96. The van der Waals surface area contributed by atoms with E-state index in [4.69, 9.17) is 4.74 Å². The van der Waals surface area contributed by atoms with Crippen LogP contribution in [0.5, 0.6) is 10.9 Å². The fraction of sp³-hybridized carbons (Fsp3) is 0. The van der Waals surface area contributed by atoms with Gasteiger partial charge in [-0.2, -0.15) is 0 Å². The predicted molar refractivity (Wildman–Crippen MR) is 63.0 cm³/mol. The van der Waals surface area contributed by atoms with E-state index in [1.807, 2.05) is 18.2 Å². The zero-order valence-corrected chi connectivity index (χ0v) is 10.2. The van der Waals surface area contributed by atoms with E-state index in [9.17, 15) is 10.1 Å². The summed E-state index contributed by atoms with van der Waals surface area (Å²) in [7, 11) is 0.